The zero-order valence-electron chi connectivity index (χ0n) is 17.1. The number of non-ortho nitro benzene ring substituents is 1. The number of rotatable bonds is 10. The standard InChI is InChI=1S/C21H20BrN5O4S/c1-3-11-26-20(14(2)31-18-9-7-15(22)8-10-18)24-25-21(26)32-13-19(28)23-16-5-4-6-17(12-16)27(29)30/h3-10,12,14H,1,11,13H2,2H3,(H,23,28). The number of aromatic nitrogens is 3. The highest BCUT2D eigenvalue weighted by molar-refractivity contribution is 9.10. The number of thioether (sulfide) groups is 1. The fourth-order valence-corrected chi connectivity index (χ4v) is 3.82. The molecule has 0 aliphatic carbocycles. The molecule has 11 heteroatoms. The number of nitrogens with zero attached hydrogens (tertiary/aromatic N) is 4. The topological polar surface area (TPSA) is 112 Å². The van der Waals surface area contributed by atoms with Gasteiger partial charge in [0.25, 0.3) is 5.69 Å². The van der Waals surface area contributed by atoms with Gasteiger partial charge in [0.15, 0.2) is 17.1 Å². The van der Waals surface area contributed by atoms with E-state index in [1.807, 2.05) is 35.8 Å². The molecule has 0 aliphatic heterocycles. The summed E-state index contributed by atoms with van der Waals surface area (Å²) in [6, 6.07) is 13.2. The van der Waals surface area contributed by atoms with Crippen LogP contribution in [0, 0.1) is 10.1 Å². The smallest absolute Gasteiger partial charge is 0.271 e. The Balaban J connectivity index is 1.66. The maximum absolute atomic E-state index is 12.3. The predicted molar refractivity (Wildman–Crippen MR) is 126 cm³/mol. The minimum atomic E-state index is -0.513. The SMILES string of the molecule is C=CCn1c(SCC(=O)Nc2cccc([N+](=O)[O-])c2)nnc1C(C)Oc1ccc(Br)cc1. The normalized spacial score (nSPS) is 11.6. The van der Waals surface area contributed by atoms with Gasteiger partial charge in [-0.15, -0.1) is 16.8 Å². The molecule has 0 saturated carbocycles. The first-order valence-corrected chi connectivity index (χ1v) is 11.3. The first kappa shape index (κ1) is 23.5. The number of carbonyl (C=O) groups is 1. The molecule has 1 amide bonds. The molecule has 1 unspecified atom stereocenters. The number of hydrogen-bond donors (Lipinski definition) is 1. The zero-order valence-corrected chi connectivity index (χ0v) is 19.5. The number of benzene rings is 2. The number of halogens is 1. The van der Waals surface area contributed by atoms with Gasteiger partial charge in [-0.1, -0.05) is 39.8 Å². The number of hydrogen-bond acceptors (Lipinski definition) is 7. The summed E-state index contributed by atoms with van der Waals surface area (Å²) in [6.45, 7) is 6.10. The number of allylic oxidation sites excluding steroid dienone is 1. The van der Waals surface area contributed by atoms with Crippen molar-refractivity contribution in [3.63, 3.8) is 0 Å². The molecule has 2 aromatic carbocycles. The van der Waals surface area contributed by atoms with Crippen molar-refractivity contribution in [3.8, 4) is 5.75 Å². The number of ether oxygens (including phenoxy) is 1. The molecule has 1 atom stereocenters. The minimum Gasteiger partial charge on any atom is -0.483 e. The maximum Gasteiger partial charge on any atom is 0.271 e. The summed E-state index contributed by atoms with van der Waals surface area (Å²) in [5.41, 5.74) is 0.264. The first-order valence-electron chi connectivity index (χ1n) is 9.50. The molecule has 1 heterocycles. The largest absolute Gasteiger partial charge is 0.483 e. The second-order valence-corrected chi connectivity index (χ2v) is 8.46. The summed E-state index contributed by atoms with van der Waals surface area (Å²) < 4.78 is 8.76. The molecule has 3 aromatic rings. The van der Waals surface area contributed by atoms with Gasteiger partial charge >= 0.3 is 0 Å². The van der Waals surface area contributed by atoms with Gasteiger partial charge in [-0.05, 0) is 37.3 Å². The molecule has 0 bridgehead atoms. The lowest BCUT2D eigenvalue weighted by Crippen LogP contribution is -2.15. The molecular weight excluding hydrogens is 498 g/mol. The Hall–Kier alpha value is -3.18. The van der Waals surface area contributed by atoms with Crippen molar-refractivity contribution in [1.82, 2.24) is 14.8 Å². The van der Waals surface area contributed by atoms with Crippen LogP contribution in [0.2, 0.25) is 0 Å². The van der Waals surface area contributed by atoms with E-state index in [4.69, 9.17) is 4.74 Å². The summed E-state index contributed by atoms with van der Waals surface area (Å²) in [7, 11) is 0. The molecule has 0 spiro atoms. The summed E-state index contributed by atoms with van der Waals surface area (Å²) in [6.07, 6.45) is 1.34. The monoisotopic (exact) mass is 517 g/mol. The van der Waals surface area contributed by atoms with Crippen LogP contribution >= 0.6 is 27.7 Å². The Kier molecular flexibility index (Phi) is 8.01. The van der Waals surface area contributed by atoms with Gasteiger partial charge in [-0.3, -0.25) is 19.5 Å². The number of nitro groups is 1. The molecule has 0 fully saturated rings. The van der Waals surface area contributed by atoms with Gasteiger partial charge in [-0.25, -0.2) is 0 Å². The number of anilines is 1. The molecule has 1 N–H and O–H groups in total. The lowest BCUT2D eigenvalue weighted by Gasteiger charge is -2.15. The lowest BCUT2D eigenvalue weighted by atomic mass is 10.3. The van der Waals surface area contributed by atoms with Gasteiger partial charge in [0, 0.05) is 28.8 Å². The summed E-state index contributed by atoms with van der Waals surface area (Å²) in [4.78, 5) is 22.7. The van der Waals surface area contributed by atoms with Crippen molar-refractivity contribution in [3.05, 3.63) is 81.6 Å². The van der Waals surface area contributed by atoms with Crippen LogP contribution in [0.3, 0.4) is 0 Å². The third-order valence-corrected chi connectivity index (χ3v) is 5.72. The van der Waals surface area contributed by atoms with Crippen LogP contribution < -0.4 is 10.1 Å². The fourth-order valence-electron chi connectivity index (χ4n) is 2.80. The third-order valence-electron chi connectivity index (χ3n) is 4.22. The van der Waals surface area contributed by atoms with Gasteiger partial charge < -0.3 is 10.1 Å². The van der Waals surface area contributed by atoms with Crippen LogP contribution in [0.1, 0.15) is 18.9 Å². The van der Waals surface area contributed by atoms with Gasteiger partial charge in [0.1, 0.15) is 5.75 Å². The van der Waals surface area contributed by atoms with E-state index in [1.54, 1.807) is 12.1 Å². The van der Waals surface area contributed by atoms with Gasteiger partial charge in [0.05, 0.1) is 10.7 Å². The second-order valence-electron chi connectivity index (χ2n) is 6.60. The Bertz CT molecular complexity index is 1120. The molecule has 0 aliphatic rings. The Labute approximate surface area is 197 Å². The molecule has 1 aromatic heterocycles. The first-order chi connectivity index (χ1) is 15.4. The lowest BCUT2D eigenvalue weighted by molar-refractivity contribution is -0.384. The van der Waals surface area contributed by atoms with E-state index in [0.717, 1.165) is 4.47 Å². The van der Waals surface area contributed by atoms with E-state index in [0.29, 0.717) is 29.0 Å². The predicted octanol–water partition coefficient (Wildman–Crippen LogP) is 5.01. The fraction of sp³-hybridized carbons (Fsp3) is 0.190. The molecule has 0 radical (unpaired) electrons. The van der Waals surface area contributed by atoms with Crippen molar-refractivity contribution in [2.24, 2.45) is 0 Å². The second kappa shape index (κ2) is 10.9. The molecule has 9 nitrogen and oxygen atoms in total. The van der Waals surface area contributed by atoms with Crippen molar-refractivity contribution in [2.45, 2.75) is 24.7 Å². The Morgan fingerprint density at radius 2 is 2.09 bits per heavy atom. The summed E-state index contributed by atoms with van der Waals surface area (Å²) >= 11 is 4.60. The van der Waals surface area contributed by atoms with Crippen molar-refractivity contribution < 1.29 is 14.5 Å². The highest BCUT2D eigenvalue weighted by Gasteiger charge is 2.20. The van der Waals surface area contributed by atoms with E-state index < -0.39 is 4.92 Å². The summed E-state index contributed by atoms with van der Waals surface area (Å²) in [5, 5.41) is 22.5. The van der Waals surface area contributed by atoms with E-state index in [9.17, 15) is 14.9 Å². The van der Waals surface area contributed by atoms with Crippen LogP contribution in [0.25, 0.3) is 0 Å². The van der Waals surface area contributed by atoms with Crippen LogP contribution in [-0.2, 0) is 11.3 Å². The zero-order chi connectivity index (χ0) is 23.1. The molecule has 3 rings (SSSR count). The molecule has 32 heavy (non-hydrogen) atoms. The van der Waals surface area contributed by atoms with Crippen molar-refractivity contribution in [2.75, 3.05) is 11.1 Å². The number of carbonyl (C=O) groups excluding carboxylic acids is 1. The Morgan fingerprint density at radius 3 is 2.78 bits per heavy atom. The number of nitro benzene ring substituents is 1. The molecule has 0 saturated heterocycles. The quantitative estimate of drug-likeness (QED) is 0.174. The highest BCUT2D eigenvalue weighted by Crippen LogP contribution is 2.26. The number of nitrogens with one attached hydrogen (secondary N) is 1. The van der Waals surface area contributed by atoms with Crippen LogP contribution in [0.5, 0.6) is 5.75 Å². The van der Waals surface area contributed by atoms with Crippen molar-refractivity contribution >= 4 is 45.0 Å². The molecule has 166 valence electrons. The van der Waals surface area contributed by atoms with E-state index in [2.05, 4.69) is 38.0 Å². The Morgan fingerprint density at radius 1 is 1.34 bits per heavy atom. The third kappa shape index (κ3) is 6.17. The van der Waals surface area contributed by atoms with Gasteiger partial charge in [0.2, 0.25) is 5.91 Å². The minimum absolute atomic E-state index is 0.0555. The average Bonchev–Trinajstić information content (AvgIpc) is 3.17. The maximum atomic E-state index is 12.3. The van der Waals surface area contributed by atoms with Crippen LogP contribution in [-0.4, -0.2) is 31.3 Å². The summed E-state index contributed by atoms with van der Waals surface area (Å²) in [5.74, 6) is 1.04. The van der Waals surface area contributed by atoms with E-state index in [-0.39, 0.29) is 23.5 Å². The average molecular weight is 518 g/mol. The van der Waals surface area contributed by atoms with E-state index >= 15 is 0 Å². The van der Waals surface area contributed by atoms with Crippen LogP contribution in [0.4, 0.5) is 11.4 Å². The molecular formula is C21H20BrN5O4S. The number of amides is 1. The van der Waals surface area contributed by atoms with Crippen LogP contribution in [0.15, 0.2) is 70.8 Å². The highest BCUT2D eigenvalue weighted by atomic mass is 79.9. The van der Waals surface area contributed by atoms with E-state index in [1.165, 1.54) is 30.0 Å². The van der Waals surface area contributed by atoms with Gasteiger partial charge in [-0.2, -0.15) is 0 Å². The van der Waals surface area contributed by atoms with Crippen molar-refractivity contribution in [1.29, 1.82) is 0 Å².